The zero-order chi connectivity index (χ0) is 16.5. The van der Waals surface area contributed by atoms with Gasteiger partial charge in [0.1, 0.15) is 0 Å². The van der Waals surface area contributed by atoms with E-state index in [-0.39, 0.29) is 19.3 Å². The molecule has 1 aromatic carbocycles. The van der Waals surface area contributed by atoms with Gasteiger partial charge in [-0.2, -0.15) is 0 Å². The van der Waals surface area contributed by atoms with Crippen molar-refractivity contribution in [2.75, 3.05) is 59.0 Å². The molecule has 1 aliphatic rings. The fourth-order valence-corrected chi connectivity index (χ4v) is 3.23. The molecule has 0 aromatic heterocycles. The van der Waals surface area contributed by atoms with E-state index >= 15 is 0 Å². The largest absolute Gasteiger partial charge is 0.395 e. The average molecular weight is 321 g/mol. The van der Waals surface area contributed by atoms with Gasteiger partial charge in [-0.3, -0.25) is 9.80 Å². The van der Waals surface area contributed by atoms with Gasteiger partial charge in [0.05, 0.1) is 13.2 Å². The molecule has 0 aliphatic carbocycles. The molecule has 5 heteroatoms. The molecular weight excluding hydrogens is 290 g/mol. The van der Waals surface area contributed by atoms with Crippen LogP contribution in [0.3, 0.4) is 0 Å². The smallest absolute Gasteiger partial charge is 0.0558 e. The number of rotatable bonds is 9. The van der Waals surface area contributed by atoms with Crippen LogP contribution < -0.4 is 5.32 Å². The molecule has 0 amide bonds. The Labute approximate surface area is 139 Å². The third-order valence-electron chi connectivity index (χ3n) is 4.63. The Morgan fingerprint density at radius 3 is 2.22 bits per heavy atom. The number of aryl methyl sites for hydroxylation is 1. The highest BCUT2D eigenvalue weighted by Crippen LogP contribution is 2.23. The van der Waals surface area contributed by atoms with E-state index in [1.165, 1.54) is 11.1 Å². The number of aliphatic hydroxyl groups excluding tert-OH is 2. The summed E-state index contributed by atoms with van der Waals surface area (Å²) in [6.07, 6.45) is 1.04. The van der Waals surface area contributed by atoms with E-state index in [0.717, 1.165) is 39.1 Å². The second-order valence-electron chi connectivity index (χ2n) is 6.14. The predicted molar refractivity (Wildman–Crippen MR) is 93.6 cm³/mol. The molecule has 1 fully saturated rings. The number of benzene rings is 1. The maximum Gasteiger partial charge on any atom is 0.0558 e. The minimum atomic E-state index is 0.116. The third kappa shape index (κ3) is 5.55. The number of piperazine rings is 1. The monoisotopic (exact) mass is 321 g/mol. The van der Waals surface area contributed by atoms with Crippen LogP contribution in [0.2, 0.25) is 0 Å². The molecule has 0 saturated carbocycles. The van der Waals surface area contributed by atoms with E-state index in [0.29, 0.717) is 13.1 Å². The second kappa shape index (κ2) is 10.0. The first-order valence-electron chi connectivity index (χ1n) is 8.76. The molecule has 130 valence electrons. The minimum Gasteiger partial charge on any atom is -0.395 e. The van der Waals surface area contributed by atoms with E-state index < -0.39 is 0 Å². The van der Waals surface area contributed by atoms with Crippen LogP contribution in [-0.2, 0) is 6.42 Å². The summed E-state index contributed by atoms with van der Waals surface area (Å²) in [5.74, 6) is 0. The Hall–Kier alpha value is -0.980. The van der Waals surface area contributed by atoms with Crippen LogP contribution in [0.1, 0.15) is 24.1 Å². The van der Waals surface area contributed by atoms with Crippen molar-refractivity contribution in [3.05, 3.63) is 35.4 Å². The van der Waals surface area contributed by atoms with E-state index in [2.05, 4.69) is 46.3 Å². The van der Waals surface area contributed by atoms with Crippen molar-refractivity contribution < 1.29 is 10.2 Å². The first-order chi connectivity index (χ1) is 11.3. The minimum absolute atomic E-state index is 0.116. The molecule has 1 unspecified atom stereocenters. The van der Waals surface area contributed by atoms with Crippen molar-refractivity contribution in [2.24, 2.45) is 0 Å². The van der Waals surface area contributed by atoms with Gasteiger partial charge in [-0.05, 0) is 17.5 Å². The van der Waals surface area contributed by atoms with Crippen molar-refractivity contribution in [1.29, 1.82) is 0 Å². The predicted octanol–water partition coefficient (Wildman–Crippen LogP) is 0.482. The first kappa shape index (κ1) is 18.4. The van der Waals surface area contributed by atoms with E-state index in [1.54, 1.807) is 0 Å². The number of nitrogens with one attached hydrogen (secondary N) is 1. The molecule has 1 aliphatic heterocycles. The fraction of sp³-hybridized carbons (Fsp3) is 0.667. The maximum atomic E-state index is 9.40. The van der Waals surface area contributed by atoms with E-state index in [1.807, 2.05) is 0 Å². The summed E-state index contributed by atoms with van der Waals surface area (Å²) in [6, 6.07) is 8.99. The molecule has 1 saturated heterocycles. The Kier molecular flexibility index (Phi) is 7.99. The highest BCUT2D eigenvalue weighted by molar-refractivity contribution is 5.25. The topological polar surface area (TPSA) is 59.0 Å². The van der Waals surface area contributed by atoms with E-state index in [4.69, 9.17) is 0 Å². The number of hydrogen-bond acceptors (Lipinski definition) is 5. The van der Waals surface area contributed by atoms with Gasteiger partial charge in [-0.1, -0.05) is 31.2 Å². The van der Waals surface area contributed by atoms with Gasteiger partial charge >= 0.3 is 0 Å². The second-order valence-corrected chi connectivity index (χ2v) is 6.14. The quantitative estimate of drug-likeness (QED) is 0.618. The zero-order valence-corrected chi connectivity index (χ0v) is 14.2. The van der Waals surface area contributed by atoms with Crippen LogP contribution in [0, 0.1) is 0 Å². The molecule has 0 spiro atoms. The number of aliphatic hydroxyl groups is 2. The van der Waals surface area contributed by atoms with Gasteiger partial charge in [0.15, 0.2) is 0 Å². The highest BCUT2D eigenvalue weighted by Gasteiger charge is 2.23. The van der Waals surface area contributed by atoms with Crippen LogP contribution in [0.15, 0.2) is 24.3 Å². The molecule has 3 N–H and O–H groups in total. The molecular formula is C18H31N3O2. The fourth-order valence-electron chi connectivity index (χ4n) is 3.23. The van der Waals surface area contributed by atoms with Crippen molar-refractivity contribution in [3.8, 4) is 0 Å². The van der Waals surface area contributed by atoms with Crippen molar-refractivity contribution >= 4 is 0 Å². The summed E-state index contributed by atoms with van der Waals surface area (Å²) in [5.41, 5.74) is 2.60. The lowest BCUT2D eigenvalue weighted by Crippen LogP contribution is -2.48. The summed E-state index contributed by atoms with van der Waals surface area (Å²) in [6.45, 7) is 8.67. The van der Waals surface area contributed by atoms with Crippen LogP contribution in [0.5, 0.6) is 0 Å². The van der Waals surface area contributed by atoms with Crippen LogP contribution in [0.25, 0.3) is 0 Å². The normalized spacial score (nSPS) is 17.6. The first-order valence-corrected chi connectivity index (χ1v) is 8.76. The van der Waals surface area contributed by atoms with Gasteiger partial charge in [-0.15, -0.1) is 0 Å². The Bertz CT molecular complexity index is 426. The standard InChI is InChI=1S/C18H31N3O2/c1-2-16-3-5-17(6-4-16)18(21(11-13-22)12-14-23)15-20-9-7-19-8-10-20/h3-6,18-19,22-23H,2,7-15H2,1H3. The Balaban J connectivity index is 2.16. The molecule has 23 heavy (non-hydrogen) atoms. The summed E-state index contributed by atoms with van der Waals surface area (Å²) < 4.78 is 0. The molecule has 0 bridgehead atoms. The molecule has 2 rings (SSSR count). The lowest BCUT2D eigenvalue weighted by atomic mass is 10.0. The Morgan fingerprint density at radius 2 is 1.70 bits per heavy atom. The summed E-state index contributed by atoms with van der Waals surface area (Å²) >= 11 is 0. The van der Waals surface area contributed by atoms with Gasteiger partial charge in [-0.25, -0.2) is 0 Å². The molecule has 1 heterocycles. The number of nitrogens with zero attached hydrogens (tertiary/aromatic N) is 2. The van der Waals surface area contributed by atoms with Gasteiger partial charge < -0.3 is 15.5 Å². The van der Waals surface area contributed by atoms with Crippen molar-refractivity contribution in [1.82, 2.24) is 15.1 Å². The SMILES string of the molecule is CCc1ccc(C(CN2CCNCC2)N(CCO)CCO)cc1. The molecule has 1 aromatic rings. The lowest BCUT2D eigenvalue weighted by Gasteiger charge is -2.37. The molecule has 1 atom stereocenters. The van der Waals surface area contributed by atoms with Gasteiger partial charge in [0.2, 0.25) is 0 Å². The van der Waals surface area contributed by atoms with Crippen LogP contribution in [0.4, 0.5) is 0 Å². The van der Waals surface area contributed by atoms with Crippen molar-refractivity contribution in [3.63, 3.8) is 0 Å². The molecule has 0 radical (unpaired) electrons. The maximum absolute atomic E-state index is 9.40. The van der Waals surface area contributed by atoms with Gasteiger partial charge in [0, 0.05) is 51.9 Å². The lowest BCUT2D eigenvalue weighted by molar-refractivity contribution is 0.0904. The van der Waals surface area contributed by atoms with Crippen LogP contribution in [-0.4, -0.2) is 79.0 Å². The van der Waals surface area contributed by atoms with Crippen LogP contribution >= 0.6 is 0 Å². The summed E-state index contributed by atoms with van der Waals surface area (Å²) in [7, 11) is 0. The summed E-state index contributed by atoms with van der Waals surface area (Å²) in [5, 5.41) is 22.2. The molecule has 5 nitrogen and oxygen atoms in total. The highest BCUT2D eigenvalue weighted by atomic mass is 16.3. The van der Waals surface area contributed by atoms with Crippen molar-refractivity contribution in [2.45, 2.75) is 19.4 Å². The number of hydrogen-bond donors (Lipinski definition) is 3. The van der Waals surface area contributed by atoms with Gasteiger partial charge in [0.25, 0.3) is 0 Å². The van der Waals surface area contributed by atoms with E-state index in [9.17, 15) is 10.2 Å². The average Bonchev–Trinajstić information content (AvgIpc) is 2.61. The summed E-state index contributed by atoms with van der Waals surface area (Å²) in [4.78, 5) is 4.67. The third-order valence-corrected chi connectivity index (χ3v) is 4.63. The zero-order valence-electron chi connectivity index (χ0n) is 14.2. The Morgan fingerprint density at radius 1 is 1.09 bits per heavy atom.